The number of carbonyl (C=O) groups excluding carboxylic acids is 2. The molecule has 0 aliphatic rings. The van der Waals surface area contributed by atoms with Crippen molar-refractivity contribution in [3.8, 4) is 0 Å². The van der Waals surface area contributed by atoms with E-state index < -0.39 is 28.7 Å². The van der Waals surface area contributed by atoms with Gasteiger partial charge in [0.05, 0.1) is 21.2 Å². The molecule has 1 N–H and O–H groups in total. The maximum atomic E-state index is 13.5. The molecule has 0 radical (unpaired) electrons. The summed E-state index contributed by atoms with van der Waals surface area (Å²) in [6, 6.07) is 8.68. The summed E-state index contributed by atoms with van der Waals surface area (Å²) in [4.78, 5) is 34.1. The summed E-state index contributed by atoms with van der Waals surface area (Å²) in [5.74, 6) is -2.56. The number of nitrogens with one attached hydrogen (secondary N) is 1. The van der Waals surface area contributed by atoms with Crippen molar-refractivity contribution in [1.82, 2.24) is 0 Å². The average molecular weight is 367 g/mol. The van der Waals surface area contributed by atoms with Crippen molar-refractivity contribution < 1.29 is 23.6 Å². The molecule has 7 nitrogen and oxygen atoms in total. The van der Waals surface area contributed by atoms with Crippen molar-refractivity contribution in [1.29, 1.82) is 0 Å². The Morgan fingerprint density at radius 2 is 1.96 bits per heavy atom. The molecule has 2 rings (SSSR count). The molecule has 25 heavy (non-hydrogen) atoms. The molecule has 2 aromatic carbocycles. The molecule has 0 saturated heterocycles. The van der Waals surface area contributed by atoms with Crippen molar-refractivity contribution in [2.24, 2.45) is 0 Å². The summed E-state index contributed by atoms with van der Waals surface area (Å²) in [6.07, 6.45) is -1.28. The number of hydrogen-bond donors (Lipinski definition) is 1. The van der Waals surface area contributed by atoms with Crippen LogP contribution < -0.4 is 5.32 Å². The van der Waals surface area contributed by atoms with Crippen molar-refractivity contribution in [2.75, 3.05) is 5.32 Å². The Hall–Kier alpha value is -3.00. The van der Waals surface area contributed by atoms with Crippen LogP contribution in [-0.2, 0) is 9.53 Å². The van der Waals surface area contributed by atoms with Gasteiger partial charge in [-0.25, -0.2) is 9.18 Å². The van der Waals surface area contributed by atoms with Gasteiger partial charge in [0.25, 0.3) is 11.6 Å². The molecule has 0 bridgehead atoms. The molecule has 0 aromatic heterocycles. The monoisotopic (exact) mass is 366 g/mol. The standard InChI is InChI=1S/C16H12ClFN2O5/c1-9(25-16(22)11-4-2-3-5-13(11)18)15(21)19-14-8-10(20(23)24)6-7-12(14)17/h2-9H,1H3,(H,19,21)/t9-/m0/s1. The highest BCUT2D eigenvalue weighted by atomic mass is 35.5. The topological polar surface area (TPSA) is 98.5 Å². The largest absolute Gasteiger partial charge is 0.449 e. The molecule has 0 aliphatic carbocycles. The number of nitrogens with zero attached hydrogens (tertiary/aromatic N) is 1. The number of nitro benzene ring substituents is 1. The van der Waals surface area contributed by atoms with Gasteiger partial charge in [-0.05, 0) is 25.1 Å². The fourth-order valence-electron chi connectivity index (χ4n) is 1.86. The summed E-state index contributed by atoms with van der Waals surface area (Å²) in [5, 5.41) is 13.2. The van der Waals surface area contributed by atoms with Crippen molar-refractivity contribution in [2.45, 2.75) is 13.0 Å². The van der Waals surface area contributed by atoms with Crippen molar-refractivity contribution in [3.63, 3.8) is 0 Å². The second-order valence-corrected chi connectivity index (χ2v) is 5.35. The second kappa shape index (κ2) is 7.71. The molecule has 2 aromatic rings. The van der Waals surface area contributed by atoms with Crippen LogP contribution in [0.2, 0.25) is 5.02 Å². The molecule has 1 amide bonds. The lowest BCUT2D eigenvalue weighted by Crippen LogP contribution is -2.30. The highest BCUT2D eigenvalue weighted by Crippen LogP contribution is 2.27. The van der Waals surface area contributed by atoms with Crippen LogP contribution in [0, 0.1) is 15.9 Å². The average Bonchev–Trinajstić information content (AvgIpc) is 2.56. The van der Waals surface area contributed by atoms with Crippen LogP contribution in [0.25, 0.3) is 0 Å². The SMILES string of the molecule is C[C@H](OC(=O)c1ccccc1F)C(=O)Nc1cc([N+](=O)[O-])ccc1Cl. The smallest absolute Gasteiger partial charge is 0.341 e. The number of non-ortho nitro benzene ring substituents is 1. The van der Waals surface area contributed by atoms with Gasteiger partial charge in [0.2, 0.25) is 0 Å². The predicted molar refractivity (Wildman–Crippen MR) is 88.0 cm³/mol. The van der Waals surface area contributed by atoms with E-state index in [2.05, 4.69) is 5.32 Å². The fourth-order valence-corrected chi connectivity index (χ4v) is 2.03. The van der Waals surface area contributed by atoms with Crippen LogP contribution in [-0.4, -0.2) is 22.9 Å². The summed E-state index contributed by atoms with van der Waals surface area (Å²) in [6.45, 7) is 1.28. The molecular weight excluding hydrogens is 355 g/mol. The van der Waals surface area contributed by atoms with Crippen LogP contribution in [0.4, 0.5) is 15.8 Å². The van der Waals surface area contributed by atoms with E-state index in [9.17, 15) is 24.1 Å². The van der Waals surface area contributed by atoms with Gasteiger partial charge in [0.1, 0.15) is 5.82 Å². The van der Waals surface area contributed by atoms with Crippen molar-refractivity contribution in [3.05, 3.63) is 69.0 Å². The van der Waals surface area contributed by atoms with Crippen LogP contribution in [0.1, 0.15) is 17.3 Å². The number of halogens is 2. The normalized spacial score (nSPS) is 11.5. The summed E-state index contributed by atoms with van der Waals surface area (Å²) < 4.78 is 18.4. The Morgan fingerprint density at radius 1 is 1.28 bits per heavy atom. The van der Waals surface area contributed by atoms with E-state index in [0.717, 1.165) is 12.1 Å². The van der Waals surface area contributed by atoms with Gasteiger partial charge in [-0.2, -0.15) is 0 Å². The highest BCUT2D eigenvalue weighted by Gasteiger charge is 2.22. The zero-order valence-corrected chi connectivity index (χ0v) is 13.6. The third kappa shape index (κ3) is 4.51. The van der Waals surface area contributed by atoms with Crippen LogP contribution in [0.3, 0.4) is 0 Å². The van der Waals surface area contributed by atoms with E-state index in [0.29, 0.717) is 0 Å². The lowest BCUT2D eigenvalue weighted by atomic mass is 10.2. The Kier molecular flexibility index (Phi) is 5.66. The molecule has 9 heteroatoms. The zero-order valence-electron chi connectivity index (χ0n) is 12.9. The first kappa shape index (κ1) is 18.3. The number of rotatable bonds is 5. The lowest BCUT2D eigenvalue weighted by molar-refractivity contribution is -0.384. The molecule has 0 aliphatic heterocycles. The van der Waals surface area contributed by atoms with Gasteiger partial charge in [-0.1, -0.05) is 23.7 Å². The fraction of sp³-hybridized carbons (Fsp3) is 0.125. The number of amides is 1. The maximum absolute atomic E-state index is 13.5. The first-order valence-corrected chi connectivity index (χ1v) is 7.37. The van der Waals surface area contributed by atoms with E-state index in [-0.39, 0.29) is 22.0 Å². The van der Waals surface area contributed by atoms with Gasteiger partial charge in [0.15, 0.2) is 6.10 Å². The first-order chi connectivity index (χ1) is 11.8. The number of ether oxygens (including phenoxy) is 1. The Balaban J connectivity index is 2.08. The number of nitro groups is 1. The number of benzene rings is 2. The van der Waals surface area contributed by atoms with E-state index in [1.54, 1.807) is 0 Å². The number of anilines is 1. The zero-order chi connectivity index (χ0) is 18.6. The van der Waals surface area contributed by atoms with Gasteiger partial charge < -0.3 is 10.1 Å². The minimum Gasteiger partial charge on any atom is -0.449 e. The van der Waals surface area contributed by atoms with Gasteiger partial charge in [-0.3, -0.25) is 14.9 Å². The molecule has 0 saturated carbocycles. The Bertz CT molecular complexity index is 843. The minimum absolute atomic E-state index is 0.00495. The van der Waals surface area contributed by atoms with E-state index in [1.165, 1.54) is 37.3 Å². The summed E-state index contributed by atoms with van der Waals surface area (Å²) in [7, 11) is 0. The molecule has 1 atom stereocenters. The maximum Gasteiger partial charge on any atom is 0.341 e. The second-order valence-electron chi connectivity index (χ2n) is 4.94. The first-order valence-electron chi connectivity index (χ1n) is 7.00. The summed E-state index contributed by atoms with van der Waals surface area (Å²) in [5.41, 5.74) is -0.583. The predicted octanol–water partition coefficient (Wildman–Crippen LogP) is 3.57. The third-order valence-electron chi connectivity index (χ3n) is 3.17. The number of esters is 1. The Morgan fingerprint density at radius 3 is 2.60 bits per heavy atom. The van der Waals surface area contributed by atoms with E-state index in [4.69, 9.17) is 16.3 Å². The molecule has 0 spiro atoms. The van der Waals surface area contributed by atoms with Crippen LogP contribution in [0.5, 0.6) is 0 Å². The van der Waals surface area contributed by atoms with Gasteiger partial charge >= 0.3 is 5.97 Å². The van der Waals surface area contributed by atoms with Gasteiger partial charge in [-0.15, -0.1) is 0 Å². The molecule has 0 unspecified atom stereocenters. The minimum atomic E-state index is -1.28. The molecule has 0 fully saturated rings. The van der Waals surface area contributed by atoms with Gasteiger partial charge in [0, 0.05) is 12.1 Å². The van der Waals surface area contributed by atoms with Crippen LogP contribution in [0.15, 0.2) is 42.5 Å². The van der Waals surface area contributed by atoms with E-state index >= 15 is 0 Å². The number of carbonyl (C=O) groups is 2. The molecule has 130 valence electrons. The van der Waals surface area contributed by atoms with E-state index in [1.807, 2.05) is 0 Å². The molecule has 0 heterocycles. The number of hydrogen-bond acceptors (Lipinski definition) is 5. The lowest BCUT2D eigenvalue weighted by Gasteiger charge is -2.14. The quantitative estimate of drug-likeness (QED) is 0.495. The Labute approximate surface area is 146 Å². The highest BCUT2D eigenvalue weighted by molar-refractivity contribution is 6.33. The third-order valence-corrected chi connectivity index (χ3v) is 3.50. The summed E-state index contributed by atoms with van der Waals surface area (Å²) >= 11 is 5.88. The molecular formula is C16H12ClFN2O5. The van der Waals surface area contributed by atoms with Crippen LogP contribution >= 0.6 is 11.6 Å². The van der Waals surface area contributed by atoms with Crippen molar-refractivity contribution >= 4 is 34.9 Å².